The molecular formula is C26H30N4O9S2. The molecule has 4 aliphatic heterocycles. The summed E-state index contributed by atoms with van der Waals surface area (Å²) in [6, 6.07) is 7.96. The Labute approximate surface area is 244 Å². The standard InChI is InChI=1S/C17H18N2O5S.C9H12N2O4S/c1-24-8-11-9-25-16-13(15(21)19(16)14(11)17(22)23)18-12(20)7-10-5-3-2-4-6-10;1-15-2-4-3-16-8-5(10)7(12)11(8)6(4)9(13)14/h2-6,13,16H,7-9H2,1H3,(H,18,20)(H,22,23);5,8H,2-3,10H2,1H3,(H,13,14)/t13?,16-;5?,8-/m11/s1. The van der Waals surface area contributed by atoms with Crippen molar-refractivity contribution >= 4 is 53.2 Å². The van der Waals surface area contributed by atoms with Crippen molar-refractivity contribution < 1.29 is 43.7 Å². The lowest BCUT2D eigenvalue weighted by Gasteiger charge is -2.49. The maximum atomic E-state index is 12.4. The summed E-state index contributed by atoms with van der Waals surface area (Å²) in [6.07, 6.45) is 0.179. The van der Waals surface area contributed by atoms with E-state index in [-0.39, 0.29) is 53.6 Å². The predicted molar refractivity (Wildman–Crippen MR) is 149 cm³/mol. The molecule has 5 N–H and O–H groups in total. The lowest BCUT2D eigenvalue weighted by atomic mass is 10.0. The summed E-state index contributed by atoms with van der Waals surface area (Å²) >= 11 is 2.90. The Balaban J connectivity index is 0.000000208. The first kappa shape index (κ1) is 30.6. The van der Waals surface area contributed by atoms with Gasteiger partial charge in [-0.15, -0.1) is 23.5 Å². The van der Waals surface area contributed by atoms with E-state index in [0.717, 1.165) is 5.56 Å². The number of β-lactam (4-membered cyclic amide) rings is 2. The first-order valence-electron chi connectivity index (χ1n) is 12.5. The van der Waals surface area contributed by atoms with Crippen molar-refractivity contribution in [1.82, 2.24) is 15.1 Å². The second-order valence-corrected chi connectivity index (χ2v) is 11.6. The zero-order valence-corrected chi connectivity index (χ0v) is 23.9. The number of carbonyl (C=O) groups is 5. The maximum absolute atomic E-state index is 12.4. The lowest BCUT2D eigenvalue weighted by molar-refractivity contribution is -0.150. The highest BCUT2D eigenvalue weighted by Crippen LogP contribution is 2.41. The van der Waals surface area contributed by atoms with Gasteiger partial charge in [-0.05, 0) is 16.7 Å². The quantitative estimate of drug-likeness (QED) is 0.272. The molecule has 2 unspecified atom stereocenters. The minimum atomic E-state index is -1.15. The van der Waals surface area contributed by atoms with Gasteiger partial charge in [0.25, 0.3) is 5.91 Å². The number of methoxy groups -OCH3 is 2. The van der Waals surface area contributed by atoms with Crippen LogP contribution in [0.25, 0.3) is 0 Å². The summed E-state index contributed by atoms with van der Waals surface area (Å²) in [6.45, 7) is 0.385. The first-order chi connectivity index (χ1) is 19.6. The predicted octanol–water partition coefficient (Wildman–Crippen LogP) is -0.172. The van der Waals surface area contributed by atoms with Gasteiger partial charge in [-0.1, -0.05) is 30.3 Å². The number of fused-ring (bicyclic) bond motifs is 2. The molecular weight excluding hydrogens is 576 g/mol. The summed E-state index contributed by atoms with van der Waals surface area (Å²) in [7, 11) is 2.97. The lowest BCUT2D eigenvalue weighted by Crippen LogP contribution is -2.70. The normalized spacial score (nSPS) is 24.9. The molecule has 2 saturated heterocycles. The topological polar surface area (TPSA) is 189 Å². The van der Waals surface area contributed by atoms with Crippen molar-refractivity contribution in [3.63, 3.8) is 0 Å². The van der Waals surface area contributed by atoms with Crippen molar-refractivity contribution in [3.8, 4) is 0 Å². The average molecular weight is 607 g/mol. The van der Waals surface area contributed by atoms with Crippen molar-refractivity contribution in [3.05, 3.63) is 58.4 Å². The third kappa shape index (κ3) is 6.13. The highest BCUT2D eigenvalue weighted by Gasteiger charge is 2.54. The molecule has 3 amide bonds. The molecule has 0 radical (unpaired) electrons. The zero-order chi connectivity index (χ0) is 29.8. The maximum Gasteiger partial charge on any atom is 0.352 e. The number of hydrogen-bond acceptors (Lipinski definition) is 10. The Hall–Kier alpha value is -3.37. The van der Waals surface area contributed by atoms with Crippen LogP contribution >= 0.6 is 23.5 Å². The summed E-state index contributed by atoms with van der Waals surface area (Å²) < 4.78 is 9.95. The number of ether oxygens (including phenoxy) is 2. The zero-order valence-electron chi connectivity index (χ0n) is 22.3. The molecule has 0 aromatic heterocycles. The number of nitrogens with one attached hydrogen (secondary N) is 1. The largest absolute Gasteiger partial charge is 0.477 e. The molecule has 41 heavy (non-hydrogen) atoms. The average Bonchev–Trinajstić information content (AvgIpc) is 2.95. The van der Waals surface area contributed by atoms with Crippen LogP contribution in [0.2, 0.25) is 0 Å². The number of nitrogens with two attached hydrogens (primary N) is 1. The van der Waals surface area contributed by atoms with E-state index in [1.54, 1.807) is 0 Å². The van der Waals surface area contributed by atoms with Crippen LogP contribution in [0.4, 0.5) is 0 Å². The fraction of sp³-hybridized carbons (Fsp3) is 0.423. The highest BCUT2D eigenvalue weighted by atomic mass is 32.2. The van der Waals surface area contributed by atoms with Gasteiger partial charge in [0.05, 0.1) is 19.6 Å². The monoisotopic (exact) mass is 606 g/mol. The van der Waals surface area contributed by atoms with E-state index in [2.05, 4.69) is 5.32 Å². The molecule has 1 aromatic rings. The van der Waals surface area contributed by atoms with E-state index in [4.69, 9.17) is 20.3 Å². The van der Waals surface area contributed by atoms with Gasteiger partial charge >= 0.3 is 11.9 Å². The van der Waals surface area contributed by atoms with Gasteiger partial charge in [-0.2, -0.15) is 0 Å². The number of amides is 3. The second-order valence-electron chi connectivity index (χ2n) is 9.43. The number of carbonyl (C=O) groups excluding carboxylic acids is 3. The van der Waals surface area contributed by atoms with Gasteiger partial charge in [-0.25, -0.2) is 9.59 Å². The van der Waals surface area contributed by atoms with E-state index in [9.17, 15) is 29.1 Å². The minimum absolute atomic E-state index is 0.0239. The molecule has 15 heteroatoms. The van der Waals surface area contributed by atoms with Crippen LogP contribution in [-0.4, -0.2) is 111 Å². The summed E-state index contributed by atoms with van der Waals surface area (Å²) in [5.41, 5.74) is 7.66. The van der Waals surface area contributed by atoms with Gasteiger partial charge in [-0.3, -0.25) is 24.2 Å². The molecule has 0 spiro atoms. The SMILES string of the molecule is COCC1=C(C(=O)O)N2C(=O)C(N)[C@H]2SC1.COCC1=C(C(=O)O)N2C(=O)C(NC(=O)Cc3ccccc3)[C@H]2SC1. The molecule has 2 fully saturated rings. The fourth-order valence-electron chi connectivity index (χ4n) is 4.84. The third-order valence-corrected chi connectivity index (χ3v) is 9.40. The molecule has 4 atom stereocenters. The number of carboxylic acids is 2. The molecule has 220 valence electrons. The molecule has 1 aromatic carbocycles. The number of benzene rings is 1. The molecule has 13 nitrogen and oxygen atoms in total. The Kier molecular flexibility index (Phi) is 9.76. The number of nitrogens with zero attached hydrogens (tertiary/aromatic N) is 2. The summed E-state index contributed by atoms with van der Waals surface area (Å²) in [5, 5.41) is 20.6. The van der Waals surface area contributed by atoms with Gasteiger partial charge < -0.3 is 30.7 Å². The van der Waals surface area contributed by atoms with Gasteiger partial charge in [0.15, 0.2) is 0 Å². The highest BCUT2D eigenvalue weighted by molar-refractivity contribution is 8.00. The number of hydrogen-bond donors (Lipinski definition) is 4. The second kappa shape index (κ2) is 13.1. The van der Waals surface area contributed by atoms with Crippen molar-refractivity contribution in [1.29, 1.82) is 0 Å². The Bertz CT molecular complexity index is 1300. The molecule has 4 aliphatic rings. The molecule has 0 saturated carbocycles. The van der Waals surface area contributed by atoms with Crippen LogP contribution in [0.1, 0.15) is 5.56 Å². The molecule has 0 bridgehead atoms. The Morgan fingerprint density at radius 1 is 0.902 bits per heavy atom. The van der Waals surface area contributed by atoms with E-state index < -0.39 is 29.9 Å². The van der Waals surface area contributed by atoms with Crippen molar-refractivity contribution in [2.45, 2.75) is 29.3 Å². The van der Waals surface area contributed by atoms with Crippen molar-refractivity contribution in [2.75, 3.05) is 38.9 Å². The summed E-state index contributed by atoms with van der Waals surface area (Å²) in [4.78, 5) is 61.3. The number of rotatable bonds is 9. The molecule has 4 heterocycles. The first-order valence-corrected chi connectivity index (χ1v) is 14.6. The summed E-state index contributed by atoms with van der Waals surface area (Å²) in [5.74, 6) is -2.24. The number of carboxylic acid groups (broad SMARTS) is 2. The third-order valence-electron chi connectivity index (χ3n) is 6.70. The van der Waals surface area contributed by atoms with Crippen LogP contribution in [0.3, 0.4) is 0 Å². The van der Waals surface area contributed by atoms with Crippen LogP contribution in [0.5, 0.6) is 0 Å². The van der Waals surface area contributed by atoms with Crippen LogP contribution in [0.15, 0.2) is 52.9 Å². The fourth-order valence-corrected chi connectivity index (χ4v) is 7.44. The van der Waals surface area contributed by atoms with Gasteiger partial charge in [0.2, 0.25) is 11.8 Å². The molecule has 5 rings (SSSR count). The van der Waals surface area contributed by atoms with E-state index in [1.165, 1.54) is 47.5 Å². The Morgan fingerprint density at radius 3 is 1.93 bits per heavy atom. The minimum Gasteiger partial charge on any atom is -0.477 e. The van der Waals surface area contributed by atoms with E-state index >= 15 is 0 Å². The smallest absolute Gasteiger partial charge is 0.352 e. The number of aliphatic carboxylic acids is 2. The Morgan fingerprint density at radius 2 is 1.41 bits per heavy atom. The van der Waals surface area contributed by atoms with Crippen LogP contribution < -0.4 is 11.1 Å². The number of thioether (sulfide) groups is 2. The van der Waals surface area contributed by atoms with Crippen molar-refractivity contribution in [2.24, 2.45) is 5.73 Å². The van der Waals surface area contributed by atoms with Crippen LogP contribution in [-0.2, 0) is 39.9 Å². The van der Waals surface area contributed by atoms with E-state index in [1.807, 2.05) is 30.3 Å². The van der Waals surface area contributed by atoms with Gasteiger partial charge in [0, 0.05) is 25.7 Å². The van der Waals surface area contributed by atoms with E-state index in [0.29, 0.717) is 22.7 Å². The van der Waals surface area contributed by atoms with Crippen LogP contribution in [0, 0.1) is 0 Å². The van der Waals surface area contributed by atoms with Gasteiger partial charge in [0.1, 0.15) is 34.2 Å². The molecule has 0 aliphatic carbocycles.